The van der Waals surface area contributed by atoms with Gasteiger partial charge in [0.2, 0.25) is 5.91 Å². The second kappa shape index (κ2) is 7.22. The van der Waals surface area contributed by atoms with Crippen LogP contribution in [0.4, 0.5) is 8.78 Å². The Hall–Kier alpha value is -1.14. The summed E-state index contributed by atoms with van der Waals surface area (Å²) in [6, 6.07) is 3.90. The summed E-state index contributed by atoms with van der Waals surface area (Å²) >= 11 is 1.38. The minimum atomic E-state index is -0.870. The van der Waals surface area contributed by atoms with Crippen LogP contribution in [-0.2, 0) is 4.79 Å². The highest BCUT2D eigenvalue weighted by Crippen LogP contribution is 2.29. The number of rotatable bonds is 7. The van der Waals surface area contributed by atoms with Gasteiger partial charge >= 0.3 is 0 Å². The molecule has 0 saturated heterocycles. The van der Waals surface area contributed by atoms with Crippen LogP contribution in [0.3, 0.4) is 0 Å². The van der Waals surface area contributed by atoms with Crippen molar-refractivity contribution in [2.45, 2.75) is 55.8 Å². The number of hydrogen-bond donors (Lipinski definition) is 2. The lowest BCUT2D eigenvalue weighted by Crippen LogP contribution is -2.56. The number of halogens is 2. The summed E-state index contributed by atoms with van der Waals surface area (Å²) in [5, 5.41) is 3.18. The number of nitrogens with two attached hydrogens (primary N) is 1. The fraction of sp³-hybridized carbons (Fsp3) is 0.533. The molecule has 0 aromatic heterocycles. The van der Waals surface area contributed by atoms with E-state index in [1.807, 2.05) is 20.8 Å². The van der Waals surface area contributed by atoms with E-state index in [1.54, 1.807) is 6.92 Å². The molecular weight excluding hydrogens is 294 g/mol. The number of nitrogens with one attached hydrogen (secondary N) is 1. The van der Waals surface area contributed by atoms with Gasteiger partial charge in [-0.15, -0.1) is 11.8 Å². The Kier molecular flexibility index (Phi) is 6.16. The average molecular weight is 316 g/mol. The Morgan fingerprint density at radius 2 is 1.95 bits per heavy atom. The fourth-order valence-electron chi connectivity index (χ4n) is 2.27. The minimum absolute atomic E-state index is 0.0126. The van der Waals surface area contributed by atoms with Gasteiger partial charge in [-0.25, -0.2) is 8.78 Å². The lowest BCUT2D eigenvalue weighted by atomic mass is 9.94. The number of hydrogen-bond acceptors (Lipinski definition) is 3. The van der Waals surface area contributed by atoms with Crippen molar-refractivity contribution in [1.29, 1.82) is 0 Å². The van der Waals surface area contributed by atoms with Crippen molar-refractivity contribution in [2.24, 2.45) is 5.73 Å². The van der Waals surface area contributed by atoms with Gasteiger partial charge in [0, 0.05) is 16.2 Å². The third-order valence-corrected chi connectivity index (χ3v) is 4.17. The molecule has 3 nitrogen and oxygen atoms in total. The molecule has 0 fully saturated rings. The van der Waals surface area contributed by atoms with Gasteiger partial charge in [0.1, 0.15) is 0 Å². The molecule has 0 aliphatic rings. The smallest absolute Gasteiger partial charge is 0.237 e. The number of thioether (sulfide) groups is 1. The van der Waals surface area contributed by atoms with Crippen molar-refractivity contribution in [2.75, 3.05) is 0 Å². The Bertz CT molecular complexity index is 510. The van der Waals surface area contributed by atoms with Crippen LogP contribution < -0.4 is 11.1 Å². The van der Waals surface area contributed by atoms with Crippen LogP contribution >= 0.6 is 11.8 Å². The predicted octanol–water partition coefficient (Wildman–Crippen LogP) is 3.08. The number of carbonyl (C=O) groups excluding carboxylic acids is 1. The number of benzene rings is 1. The summed E-state index contributed by atoms with van der Waals surface area (Å²) < 4.78 is 26.1. The normalized spacial score (nSPS) is 15.8. The third kappa shape index (κ3) is 5.28. The molecule has 0 bridgehead atoms. The molecule has 0 aliphatic carbocycles. The van der Waals surface area contributed by atoms with Gasteiger partial charge in [-0.05, 0) is 45.4 Å². The van der Waals surface area contributed by atoms with Gasteiger partial charge < -0.3 is 11.1 Å². The second-order valence-electron chi connectivity index (χ2n) is 5.70. The fourth-order valence-corrected chi connectivity index (χ4v) is 3.47. The Balaban J connectivity index is 2.76. The molecule has 1 aromatic rings. The topological polar surface area (TPSA) is 55.1 Å². The van der Waals surface area contributed by atoms with E-state index in [2.05, 4.69) is 5.32 Å². The summed E-state index contributed by atoms with van der Waals surface area (Å²) in [6.45, 7) is 7.56. The lowest BCUT2D eigenvalue weighted by molar-refractivity contribution is -0.124. The maximum Gasteiger partial charge on any atom is 0.237 e. The molecule has 0 heterocycles. The molecular formula is C15H22F2N2OS. The largest absolute Gasteiger partial charge is 0.368 e. The zero-order valence-corrected chi connectivity index (χ0v) is 13.6. The van der Waals surface area contributed by atoms with E-state index in [0.29, 0.717) is 11.3 Å². The van der Waals surface area contributed by atoms with Crippen LogP contribution in [0, 0.1) is 11.6 Å². The first-order valence-corrected chi connectivity index (χ1v) is 7.71. The van der Waals surface area contributed by atoms with Crippen molar-refractivity contribution in [3.63, 3.8) is 0 Å². The van der Waals surface area contributed by atoms with Gasteiger partial charge in [-0.2, -0.15) is 0 Å². The van der Waals surface area contributed by atoms with Crippen molar-refractivity contribution in [1.82, 2.24) is 5.32 Å². The number of carbonyl (C=O) groups is 1. The van der Waals surface area contributed by atoms with E-state index >= 15 is 0 Å². The van der Waals surface area contributed by atoms with E-state index in [4.69, 9.17) is 5.73 Å². The minimum Gasteiger partial charge on any atom is -0.368 e. The first-order valence-electron chi connectivity index (χ1n) is 6.83. The standard InChI is InChI=1S/C15H22F2N2OS/c1-9(2)19-15(4,14(18)20)8-10(3)21-11-5-6-12(16)13(17)7-11/h5-7,9-10,19H,8H2,1-4H3,(H2,18,20). The predicted molar refractivity (Wildman–Crippen MR) is 82.2 cm³/mol. The molecule has 0 radical (unpaired) electrons. The van der Waals surface area contributed by atoms with Crippen LogP contribution in [0.15, 0.2) is 23.1 Å². The summed E-state index contributed by atoms with van der Waals surface area (Å²) in [4.78, 5) is 12.3. The first-order chi connectivity index (χ1) is 9.64. The zero-order valence-electron chi connectivity index (χ0n) is 12.7. The van der Waals surface area contributed by atoms with Gasteiger partial charge in [-0.3, -0.25) is 4.79 Å². The zero-order chi connectivity index (χ0) is 16.2. The highest BCUT2D eigenvalue weighted by molar-refractivity contribution is 7.99. The van der Waals surface area contributed by atoms with Crippen LogP contribution in [-0.4, -0.2) is 22.7 Å². The summed E-state index contributed by atoms with van der Waals surface area (Å²) in [5.41, 5.74) is 4.65. The number of primary amides is 1. The highest BCUT2D eigenvalue weighted by Gasteiger charge is 2.33. The second-order valence-corrected chi connectivity index (χ2v) is 7.22. The molecule has 0 aliphatic heterocycles. The average Bonchev–Trinajstić information content (AvgIpc) is 2.32. The maximum absolute atomic E-state index is 13.2. The lowest BCUT2D eigenvalue weighted by Gasteiger charge is -2.32. The molecule has 0 saturated carbocycles. The van der Waals surface area contributed by atoms with Crippen LogP contribution in [0.1, 0.15) is 34.1 Å². The van der Waals surface area contributed by atoms with Crippen molar-refractivity contribution < 1.29 is 13.6 Å². The van der Waals surface area contributed by atoms with Crippen LogP contribution in [0.5, 0.6) is 0 Å². The molecule has 6 heteroatoms. The van der Waals surface area contributed by atoms with Crippen molar-refractivity contribution >= 4 is 17.7 Å². The molecule has 2 unspecified atom stereocenters. The van der Waals surface area contributed by atoms with Gasteiger partial charge in [0.05, 0.1) is 5.54 Å². The van der Waals surface area contributed by atoms with Crippen LogP contribution in [0.25, 0.3) is 0 Å². The Morgan fingerprint density at radius 1 is 1.33 bits per heavy atom. The van der Waals surface area contributed by atoms with E-state index in [9.17, 15) is 13.6 Å². The Labute approximate surface area is 128 Å². The van der Waals surface area contributed by atoms with Crippen LogP contribution in [0.2, 0.25) is 0 Å². The van der Waals surface area contributed by atoms with Gasteiger partial charge in [-0.1, -0.05) is 6.92 Å². The monoisotopic (exact) mass is 316 g/mol. The SMILES string of the molecule is CC(C)NC(C)(CC(C)Sc1ccc(F)c(F)c1)C(N)=O. The van der Waals surface area contributed by atoms with E-state index < -0.39 is 23.1 Å². The van der Waals surface area contributed by atoms with E-state index in [-0.39, 0.29) is 11.3 Å². The molecule has 3 N–H and O–H groups in total. The molecule has 1 rings (SSSR count). The molecule has 118 valence electrons. The molecule has 1 aromatic carbocycles. The maximum atomic E-state index is 13.2. The molecule has 21 heavy (non-hydrogen) atoms. The quantitative estimate of drug-likeness (QED) is 0.760. The van der Waals surface area contributed by atoms with Crippen molar-refractivity contribution in [3.05, 3.63) is 29.8 Å². The molecule has 1 amide bonds. The summed E-state index contributed by atoms with van der Waals surface area (Å²) in [7, 11) is 0. The van der Waals surface area contributed by atoms with E-state index in [1.165, 1.54) is 17.8 Å². The van der Waals surface area contributed by atoms with Gasteiger partial charge in [0.15, 0.2) is 11.6 Å². The number of amides is 1. The van der Waals surface area contributed by atoms with E-state index in [0.717, 1.165) is 12.1 Å². The third-order valence-electron chi connectivity index (χ3n) is 3.08. The van der Waals surface area contributed by atoms with Crippen molar-refractivity contribution in [3.8, 4) is 0 Å². The highest BCUT2D eigenvalue weighted by atomic mass is 32.2. The Morgan fingerprint density at radius 3 is 2.43 bits per heavy atom. The summed E-state index contributed by atoms with van der Waals surface area (Å²) in [6.07, 6.45) is 0.490. The molecule has 2 atom stereocenters. The van der Waals surface area contributed by atoms with Gasteiger partial charge in [0.25, 0.3) is 0 Å². The molecule has 0 spiro atoms. The first kappa shape index (κ1) is 17.9. The summed E-state index contributed by atoms with van der Waals surface area (Å²) in [5.74, 6) is -2.16.